The van der Waals surface area contributed by atoms with Gasteiger partial charge in [-0.2, -0.15) is 5.26 Å². The third-order valence-corrected chi connectivity index (χ3v) is 3.76. The molecule has 1 heterocycles. The Labute approximate surface area is 133 Å². The van der Waals surface area contributed by atoms with Gasteiger partial charge in [-0.15, -0.1) is 0 Å². The lowest BCUT2D eigenvalue weighted by atomic mass is 10.0. The molecule has 0 saturated heterocycles. The van der Waals surface area contributed by atoms with Crippen molar-refractivity contribution < 1.29 is 23.9 Å². The summed E-state index contributed by atoms with van der Waals surface area (Å²) in [7, 11) is 2.34. The van der Waals surface area contributed by atoms with Crippen LogP contribution >= 0.6 is 0 Å². The Kier molecular flexibility index (Phi) is 4.65. The Morgan fingerprint density at radius 3 is 2.61 bits per heavy atom. The summed E-state index contributed by atoms with van der Waals surface area (Å²) in [5, 5.41) is 9.47. The lowest BCUT2D eigenvalue weighted by Gasteiger charge is -2.27. The van der Waals surface area contributed by atoms with E-state index in [2.05, 4.69) is 9.47 Å². The predicted molar refractivity (Wildman–Crippen MR) is 78.1 cm³/mol. The Hall–Kier alpha value is -2.88. The third kappa shape index (κ3) is 2.88. The summed E-state index contributed by atoms with van der Waals surface area (Å²) in [5.41, 5.74) is 1.76. The van der Waals surface area contributed by atoms with Crippen molar-refractivity contribution in [1.29, 1.82) is 5.26 Å². The molecule has 0 bridgehead atoms. The van der Waals surface area contributed by atoms with Crippen LogP contribution < -0.4 is 0 Å². The Balaban J connectivity index is 2.47. The molecule has 1 aromatic carbocycles. The molecule has 7 heteroatoms. The molecule has 1 aliphatic heterocycles. The van der Waals surface area contributed by atoms with Gasteiger partial charge in [0.05, 0.1) is 26.7 Å². The molecular weight excluding hydrogens is 300 g/mol. The minimum absolute atomic E-state index is 0.348. The van der Waals surface area contributed by atoms with Crippen LogP contribution in [0.1, 0.15) is 33.9 Å². The number of nitriles is 1. The number of aryl methyl sites for hydroxylation is 1. The van der Waals surface area contributed by atoms with E-state index in [4.69, 9.17) is 0 Å². The zero-order valence-electron chi connectivity index (χ0n) is 13.0. The monoisotopic (exact) mass is 316 g/mol. The van der Waals surface area contributed by atoms with E-state index in [0.29, 0.717) is 11.1 Å². The number of nitrogens with zero attached hydrogens (tertiary/aromatic N) is 2. The zero-order chi connectivity index (χ0) is 17.1. The highest BCUT2D eigenvalue weighted by Crippen LogP contribution is 2.36. The van der Waals surface area contributed by atoms with E-state index in [1.54, 1.807) is 18.2 Å². The number of benzene rings is 1. The van der Waals surface area contributed by atoms with E-state index in [1.165, 1.54) is 7.11 Å². The van der Waals surface area contributed by atoms with Crippen LogP contribution in [0, 0.1) is 18.3 Å². The van der Waals surface area contributed by atoms with Crippen LogP contribution in [0.2, 0.25) is 0 Å². The molecule has 0 radical (unpaired) electrons. The second-order valence-corrected chi connectivity index (χ2v) is 5.15. The number of carbonyl (C=O) groups is 3. The number of hydrogen-bond acceptors (Lipinski definition) is 6. The van der Waals surface area contributed by atoms with Crippen molar-refractivity contribution >= 4 is 17.8 Å². The number of methoxy groups -OCH3 is 2. The summed E-state index contributed by atoms with van der Waals surface area (Å²) in [6.07, 6.45) is -0.375. The van der Waals surface area contributed by atoms with Gasteiger partial charge in [-0.1, -0.05) is 17.7 Å². The minimum Gasteiger partial charge on any atom is -0.469 e. The van der Waals surface area contributed by atoms with E-state index in [0.717, 1.165) is 17.6 Å². The van der Waals surface area contributed by atoms with Gasteiger partial charge in [0.15, 0.2) is 0 Å². The summed E-state index contributed by atoms with van der Waals surface area (Å²) in [4.78, 5) is 37.3. The van der Waals surface area contributed by atoms with Crippen molar-refractivity contribution in [3.8, 4) is 6.07 Å². The maximum Gasteiger partial charge on any atom is 0.329 e. The van der Waals surface area contributed by atoms with Crippen LogP contribution in [0.25, 0.3) is 0 Å². The van der Waals surface area contributed by atoms with Crippen LogP contribution in [0.15, 0.2) is 18.2 Å². The molecule has 2 unspecified atom stereocenters. The first kappa shape index (κ1) is 16.5. The van der Waals surface area contributed by atoms with Gasteiger partial charge in [-0.25, -0.2) is 4.79 Å². The van der Waals surface area contributed by atoms with Gasteiger partial charge in [0, 0.05) is 11.1 Å². The van der Waals surface area contributed by atoms with Gasteiger partial charge in [-0.3, -0.25) is 9.59 Å². The SMILES string of the molecule is COC(=O)CC(C(=O)OC)N1C(=O)c2ccc(C)cc2C1C#N. The molecule has 0 saturated carbocycles. The van der Waals surface area contributed by atoms with Crippen molar-refractivity contribution in [3.63, 3.8) is 0 Å². The fourth-order valence-electron chi connectivity index (χ4n) is 2.64. The standard InChI is InChI=1S/C16H16N2O5/c1-9-4-5-10-11(6-9)13(8-17)18(15(10)20)12(16(21)23-3)7-14(19)22-2/h4-6,12-13H,7H2,1-3H3. The van der Waals surface area contributed by atoms with Gasteiger partial charge >= 0.3 is 11.9 Å². The summed E-state index contributed by atoms with van der Waals surface area (Å²) in [6, 6.07) is 4.96. The number of fused-ring (bicyclic) bond motifs is 1. The third-order valence-electron chi connectivity index (χ3n) is 3.76. The van der Waals surface area contributed by atoms with Gasteiger partial charge < -0.3 is 14.4 Å². The molecule has 0 aromatic heterocycles. The normalized spacial score (nSPS) is 17.2. The first-order valence-corrected chi connectivity index (χ1v) is 6.92. The second kappa shape index (κ2) is 6.48. The summed E-state index contributed by atoms with van der Waals surface area (Å²) < 4.78 is 9.25. The van der Waals surface area contributed by atoms with Crippen LogP contribution in [0.4, 0.5) is 0 Å². The first-order valence-electron chi connectivity index (χ1n) is 6.92. The van der Waals surface area contributed by atoms with E-state index >= 15 is 0 Å². The minimum atomic E-state index is -1.21. The molecule has 0 aliphatic carbocycles. The lowest BCUT2D eigenvalue weighted by Crippen LogP contribution is -2.45. The summed E-state index contributed by atoms with van der Waals surface area (Å²) in [5.74, 6) is -1.92. The maximum atomic E-state index is 12.6. The van der Waals surface area contributed by atoms with Crippen LogP contribution in [-0.2, 0) is 19.1 Å². The van der Waals surface area contributed by atoms with Crippen LogP contribution in [0.5, 0.6) is 0 Å². The Morgan fingerprint density at radius 2 is 2.04 bits per heavy atom. The molecule has 2 rings (SSSR count). The van der Waals surface area contributed by atoms with Crippen LogP contribution in [-0.4, -0.2) is 43.0 Å². The average molecular weight is 316 g/mol. The predicted octanol–water partition coefficient (Wildman–Crippen LogP) is 1.12. The molecule has 120 valence electrons. The van der Waals surface area contributed by atoms with E-state index in [-0.39, 0.29) is 6.42 Å². The molecule has 0 N–H and O–H groups in total. The molecule has 1 aliphatic rings. The maximum absolute atomic E-state index is 12.6. The lowest BCUT2D eigenvalue weighted by molar-refractivity contribution is -0.152. The highest BCUT2D eigenvalue weighted by atomic mass is 16.5. The largest absolute Gasteiger partial charge is 0.469 e. The number of amides is 1. The number of rotatable bonds is 4. The number of carbonyl (C=O) groups excluding carboxylic acids is 3. The van der Waals surface area contributed by atoms with Gasteiger partial charge in [0.2, 0.25) is 0 Å². The number of hydrogen-bond donors (Lipinski definition) is 0. The van der Waals surface area contributed by atoms with Crippen molar-refractivity contribution in [2.75, 3.05) is 14.2 Å². The van der Waals surface area contributed by atoms with Gasteiger partial charge in [-0.05, 0) is 13.0 Å². The van der Waals surface area contributed by atoms with Gasteiger partial charge in [0.1, 0.15) is 12.1 Å². The number of ether oxygens (including phenoxy) is 2. The molecule has 0 spiro atoms. The highest BCUT2D eigenvalue weighted by Gasteiger charge is 2.45. The van der Waals surface area contributed by atoms with Gasteiger partial charge in [0.25, 0.3) is 5.91 Å². The zero-order valence-corrected chi connectivity index (χ0v) is 13.0. The topological polar surface area (TPSA) is 96.7 Å². The molecule has 7 nitrogen and oxygen atoms in total. The molecule has 1 amide bonds. The molecular formula is C16H16N2O5. The Morgan fingerprint density at radius 1 is 1.35 bits per heavy atom. The highest BCUT2D eigenvalue weighted by molar-refractivity contribution is 6.02. The average Bonchev–Trinajstić information content (AvgIpc) is 2.82. The molecule has 23 heavy (non-hydrogen) atoms. The van der Waals surface area contributed by atoms with Crippen molar-refractivity contribution in [2.24, 2.45) is 0 Å². The quantitative estimate of drug-likeness (QED) is 0.772. The molecule has 0 fully saturated rings. The van der Waals surface area contributed by atoms with E-state index in [9.17, 15) is 19.6 Å². The van der Waals surface area contributed by atoms with Crippen LogP contribution in [0.3, 0.4) is 0 Å². The summed E-state index contributed by atoms with van der Waals surface area (Å²) in [6.45, 7) is 1.84. The molecule has 2 atom stereocenters. The Bertz CT molecular complexity index is 707. The fraction of sp³-hybridized carbons (Fsp3) is 0.375. The van der Waals surface area contributed by atoms with E-state index in [1.807, 2.05) is 13.0 Å². The second-order valence-electron chi connectivity index (χ2n) is 5.15. The van der Waals surface area contributed by atoms with Crippen molar-refractivity contribution in [3.05, 3.63) is 34.9 Å². The number of esters is 2. The van der Waals surface area contributed by atoms with Crippen molar-refractivity contribution in [2.45, 2.75) is 25.4 Å². The first-order chi connectivity index (χ1) is 10.9. The summed E-state index contributed by atoms with van der Waals surface area (Å²) >= 11 is 0. The van der Waals surface area contributed by atoms with Crippen molar-refractivity contribution in [1.82, 2.24) is 4.90 Å². The smallest absolute Gasteiger partial charge is 0.329 e. The molecule has 1 aromatic rings. The van der Waals surface area contributed by atoms with E-state index < -0.39 is 29.9 Å². The fourth-order valence-corrected chi connectivity index (χ4v) is 2.64.